The number of nitrogens with one attached hydrogen (secondary N) is 2. The maximum atomic E-state index is 11.9. The van der Waals surface area contributed by atoms with Crippen molar-refractivity contribution in [1.82, 2.24) is 15.5 Å². The van der Waals surface area contributed by atoms with Crippen LogP contribution in [0.2, 0.25) is 0 Å². The van der Waals surface area contributed by atoms with E-state index in [0.29, 0.717) is 19.6 Å². The molecule has 0 atom stereocenters. The lowest BCUT2D eigenvalue weighted by Crippen LogP contribution is -2.32. The second-order valence-corrected chi connectivity index (χ2v) is 5.55. The lowest BCUT2D eigenvalue weighted by Gasteiger charge is -2.18. The number of fused-ring (bicyclic) bond motifs is 1. The summed E-state index contributed by atoms with van der Waals surface area (Å²) in [6.07, 6.45) is 0.531. The van der Waals surface area contributed by atoms with Crippen LogP contribution in [-0.4, -0.2) is 29.8 Å². The second kappa shape index (κ2) is 9.53. The van der Waals surface area contributed by atoms with E-state index in [1.54, 1.807) is 4.90 Å². The molecule has 1 aromatic carbocycles. The van der Waals surface area contributed by atoms with Gasteiger partial charge in [-0.2, -0.15) is 0 Å². The molecule has 128 valence electrons. The smallest absolute Gasteiger partial charge is 0.223 e. The number of carbonyl (C=O) groups is 2. The van der Waals surface area contributed by atoms with Crippen LogP contribution in [0.25, 0.3) is 0 Å². The fraction of sp³-hybridized carbons (Fsp3) is 0.529. The van der Waals surface area contributed by atoms with E-state index in [1.165, 1.54) is 11.1 Å². The summed E-state index contributed by atoms with van der Waals surface area (Å²) in [5.74, 6) is -0.0251. The van der Waals surface area contributed by atoms with Crippen LogP contribution >= 0.6 is 12.4 Å². The molecule has 1 aromatic rings. The molecular weight excluding hydrogens is 314 g/mol. The average Bonchev–Trinajstić information content (AvgIpc) is 2.99. The van der Waals surface area contributed by atoms with E-state index in [4.69, 9.17) is 0 Å². The zero-order valence-corrected chi connectivity index (χ0v) is 14.7. The van der Waals surface area contributed by atoms with E-state index >= 15 is 0 Å². The van der Waals surface area contributed by atoms with Crippen LogP contribution in [-0.2, 0) is 29.2 Å². The molecule has 2 N–H and O–H groups in total. The minimum atomic E-state index is -0.0703. The summed E-state index contributed by atoms with van der Waals surface area (Å²) in [5.41, 5.74) is 3.74. The number of rotatable bonds is 7. The Kier molecular flexibility index (Phi) is 8.06. The quantitative estimate of drug-likeness (QED) is 0.798. The van der Waals surface area contributed by atoms with Gasteiger partial charge in [0, 0.05) is 45.6 Å². The fourth-order valence-electron chi connectivity index (χ4n) is 2.70. The number of hydrogen-bond acceptors (Lipinski definition) is 3. The van der Waals surface area contributed by atoms with Crippen molar-refractivity contribution in [2.45, 2.75) is 46.3 Å². The predicted octanol–water partition coefficient (Wildman–Crippen LogP) is 1.98. The summed E-state index contributed by atoms with van der Waals surface area (Å²) in [6.45, 7) is 7.63. The van der Waals surface area contributed by atoms with Gasteiger partial charge in [-0.3, -0.25) is 9.59 Å². The summed E-state index contributed by atoms with van der Waals surface area (Å²) in [7, 11) is 0. The Morgan fingerprint density at radius 1 is 1.13 bits per heavy atom. The predicted molar refractivity (Wildman–Crippen MR) is 93.2 cm³/mol. The molecule has 0 aliphatic carbocycles. The van der Waals surface area contributed by atoms with Crippen molar-refractivity contribution in [3.05, 3.63) is 34.9 Å². The maximum absolute atomic E-state index is 11.9. The highest BCUT2D eigenvalue weighted by molar-refractivity contribution is 5.85. The molecule has 0 saturated carbocycles. The first-order valence-corrected chi connectivity index (χ1v) is 7.99. The van der Waals surface area contributed by atoms with Crippen LogP contribution in [0.4, 0.5) is 0 Å². The first kappa shape index (κ1) is 19.5. The highest BCUT2D eigenvalue weighted by Gasteiger charge is 2.13. The highest BCUT2D eigenvalue weighted by Crippen LogP contribution is 2.16. The van der Waals surface area contributed by atoms with Crippen LogP contribution in [0.5, 0.6) is 0 Å². The van der Waals surface area contributed by atoms with Crippen molar-refractivity contribution < 1.29 is 9.59 Å². The van der Waals surface area contributed by atoms with E-state index in [2.05, 4.69) is 22.8 Å². The Balaban J connectivity index is 0.00000264. The van der Waals surface area contributed by atoms with Crippen molar-refractivity contribution in [1.29, 1.82) is 0 Å². The van der Waals surface area contributed by atoms with Crippen molar-refractivity contribution in [3.8, 4) is 0 Å². The first-order chi connectivity index (χ1) is 10.6. The molecule has 2 rings (SSSR count). The van der Waals surface area contributed by atoms with Gasteiger partial charge in [0.15, 0.2) is 0 Å². The van der Waals surface area contributed by atoms with Gasteiger partial charge in [-0.1, -0.05) is 18.2 Å². The molecule has 1 heterocycles. The normalized spacial score (nSPS) is 12.3. The largest absolute Gasteiger partial charge is 0.352 e. The van der Waals surface area contributed by atoms with Gasteiger partial charge >= 0.3 is 0 Å². The zero-order chi connectivity index (χ0) is 15.9. The summed E-state index contributed by atoms with van der Waals surface area (Å²) in [6, 6.07) is 6.30. The summed E-state index contributed by atoms with van der Waals surface area (Å²) < 4.78 is 0. The summed E-state index contributed by atoms with van der Waals surface area (Å²) in [4.78, 5) is 25.5. The number of halogens is 1. The molecule has 0 aromatic heterocycles. The number of amides is 2. The Morgan fingerprint density at radius 2 is 1.83 bits per heavy atom. The van der Waals surface area contributed by atoms with Gasteiger partial charge < -0.3 is 15.5 Å². The third-order valence-corrected chi connectivity index (χ3v) is 4.07. The molecular formula is C17H26ClN3O2. The molecule has 6 heteroatoms. The molecule has 0 radical (unpaired) electrons. The van der Waals surface area contributed by atoms with Crippen LogP contribution in [0.15, 0.2) is 18.2 Å². The van der Waals surface area contributed by atoms with Gasteiger partial charge in [0.05, 0.1) is 0 Å². The molecule has 23 heavy (non-hydrogen) atoms. The molecule has 1 aliphatic heterocycles. The lowest BCUT2D eigenvalue weighted by atomic mass is 10.1. The van der Waals surface area contributed by atoms with Crippen LogP contribution < -0.4 is 10.6 Å². The number of nitrogens with zero attached hydrogens (tertiary/aromatic N) is 1. The topological polar surface area (TPSA) is 61.4 Å². The third kappa shape index (κ3) is 5.52. The molecule has 0 unspecified atom stereocenters. The molecule has 2 amide bonds. The number of carbonyl (C=O) groups excluding carboxylic acids is 2. The SMILES string of the molecule is CCN(CC)C(=O)CCC(=O)NCc1ccc2c(c1)CNC2.Cl. The number of hydrogen-bond donors (Lipinski definition) is 2. The standard InChI is InChI=1S/C17H25N3O2.ClH/c1-3-20(4-2)17(22)8-7-16(21)19-10-13-5-6-14-11-18-12-15(14)9-13;/h5-6,9,18H,3-4,7-8,10-12H2,1-2H3,(H,19,21);1H. The van der Waals surface area contributed by atoms with Gasteiger partial charge in [-0.05, 0) is 30.5 Å². The second-order valence-electron chi connectivity index (χ2n) is 5.55. The van der Waals surface area contributed by atoms with Gasteiger partial charge in [0.25, 0.3) is 0 Å². The lowest BCUT2D eigenvalue weighted by molar-refractivity contribution is -0.133. The van der Waals surface area contributed by atoms with E-state index in [9.17, 15) is 9.59 Å². The highest BCUT2D eigenvalue weighted by atomic mass is 35.5. The Morgan fingerprint density at radius 3 is 2.52 bits per heavy atom. The third-order valence-electron chi connectivity index (χ3n) is 4.07. The van der Waals surface area contributed by atoms with E-state index in [1.807, 2.05) is 19.9 Å². The fourth-order valence-corrected chi connectivity index (χ4v) is 2.70. The van der Waals surface area contributed by atoms with E-state index in [-0.39, 0.29) is 37.1 Å². The molecule has 1 aliphatic rings. The summed E-state index contributed by atoms with van der Waals surface area (Å²) >= 11 is 0. The Hall–Kier alpha value is -1.59. The molecule has 0 spiro atoms. The van der Waals surface area contributed by atoms with Crippen molar-refractivity contribution in [2.24, 2.45) is 0 Å². The molecule has 5 nitrogen and oxygen atoms in total. The minimum Gasteiger partial charge on any atom is -0.352 e. The van der Waals surface area contributed by atoms with Crippen molar-refractivity contribution in [2.75, 3.05) is 13.1 Å². The van der Waals surface area contributed by atoms with Gasteiger partial charge in [-0.25, -0.2) is 0 Å². The number of benzene rings is 1. The van der Waals surface area contributed by atoms with Gasteiger partial charge in [0.1, 0.15) is 0 Å². The van der Waals surface area contributed by atoms with E-state index < -0.39 is 0 Å². The minimum absolute atomic E-state index is 0. The van der Waals surface area contributed by atoms with Crippen LogP contribution in [0.3, 0.4) is 0 Å². The maximum Gasteiger partial charge on any atom is 0.223 e. The van der Waals surface area contributed by atoms with Crippen LogP contribution in [0.1, 0.15) is 43.4 Å². The monoisotopic (exact) mass is 339 g/mol. The summed E-state index contributed by atoms with van der Waals surface area (Å²) in [5, 5.41) is 6.20. The first-order valence-electron chi connectivity index (χ1n) is 7.99. The van der Waals surface area contributed by atoms with E-state index in [0.717, 1.165) is 18.7 Å². The van der Waals surface area contributed by atoms with Crippen LogP contribution in [0, 0.1) is 0 Å². The zero-order valence-electron chi connectivity index (χ0n) is 13.9. The Labute approximate surface area is 144 Å². The van der Waals surface area contributed by atoms with Gasteiger partial charge in [-0.15, -0.1) is 12.4 Å². The molecule has 0 fully saturated rings. The molecule has 0 saturated heterocycles. The van der Waals surface area contributed by atoms with Crippen molar-refractivity contribution >= 4 is 24.2 Å². The molecule has 0 bridgehead atoms. The van der Waals surface area contributed by atoms with Crippen molar-refractivity contribution in [3.63, 3.8) is 0 Å². The Bertz CT molecular complexity index is 545. The van der Waals surface area contributed by atoms with Gasteiger partial charge in [0.2, 0.25) is 11.8 Å². The average molecular weight is 340 g/mol.